The van der Waals surface area contributed by atoms with Gasteiger partial charge in [-0.15, -0.1) is 0 Å². The molecule has 0 saturated heterocycles. The van der Waals surface area contributed by atoms with Crippen molar-refractivity contribution >= 4 is 16.9 Å². The largest absolute Gasteiger partial charge is 0.369 e. The summed E-state index contributed by atoms with van der Waals surface area (Å²) in [4.78, 5) is 17.0. The Morgan fingerprint density at radius 2 is 2.26 bits per heavy atom. The van der Waals surface area contributed by atoms with Crippen LogP contribution in [0.5, 0.6) is 0 Å². The predicted molar refractivity (Wildman–Crippen MR) is 98.0 cm³/mol. The Labute approximate surface area is 155 Å². The maximum Gasteiger partial charge on any atom is 0.272 e. The molecule has 142 valence electrons. The van der Waals surface area contributed by atoms with Crippen molar-refractivity contribution in [1.82, 2.24) is 25.1 Å². The van der Waals surface area contributed by atoms with Gasteiger partial charge in [0.1, 0.15) is 11.6 Å². The number of aryl methyl sites for hydroxylation is 1. The molecule has 8 heteroatoms. The Balaban J connectivity index is 1.44. The first kappa shape index (κ1) is 17.7. The maximum atomic E-state index is 13.4. The van der Waals surface area contributed by atoms with Crippen LogP contribution in [0, 0.1) is 5.82 Å². The summed E-state index contributed by atoms with van der Waals surface area (Å²) in [5.41, 5.74) is 3.71. The van der Waals surface area contributed by atoms with Gasteiger partial charge < -0.3 is 14.6 Å². The van der Waals surface area contributed by atoms with E-state index in [1.54, 1.807) is 6.07 Å². The van der Waals surface area contributed by atoms with E-state index in [1.165, 1.54) is 12.1 Å². The molecule has 0 saturated carbocycles. The van der Waals surface area contributed by atoms with Crippen molar-refractivity contribution in [2.75, 3.05) is 6.54 Å². The zero-order chi connectivity index (χ0) is 19.1. The highest BCUT2D eigenvalue weighted by molar-refractivity contribution is 5.94. The molecule has 0 bridgehead atoms. The number of hydrogen-bond donors (Lipinski definition) is 2. The Hall–Kier alpha value is -2.74. The second-order valence-electron chi connectivity index (χ2n) is 6.98. The number of imidazole rings is 1. The lowest BCUT2D eigenvalue weighted by Gasteiger charge is -2.25. The van der Waals surface area contributed by atoms with Crippen molar-refractivity contribution in [3.05, 3.63) is 46.8 Å². The van der Waals surface area contributed by atoms with Crippen LogP contribution in [0.15, 0.2) is 18.2 Å². The van der Waals surface area contributed by atoms with E-state index in [-0.39, 0.29) is 23.9 Å². The fourth-order valence-electron chi connectivity index (χ4n) is 3.68. The summed E-state index contributed by atoms with van der Waals surface area (Å²) in [6.07, 6.45) is 1.16. The normalized spacial score (nSPS) is 19.3. The van der Waals surface area contributed by atoms with E-state index >= 15 is 0 Å². The molecule has 1 aliphatic rings. The highest BCUT2D eigenvalue weighted by Crippen LogP contribution is 2.30. The molecule has 27 heavy (non-hydrogen) atoms. The first-order valence-corrected chi connectivity index (χ1v) is 9.05. The fraction of sp³-hybridized carbons (Fsp3) is 0.421. The molecule has 3 aromatic rings. The van der Waals surface area contributed by atoms with Crippen LogP contribution in [0.3, 0.4) is 0 Å². The first-order valence-electron chi connectivity index (χ1n) is 9.05. The average Bonchev–Trinajstić information content (AvgIpc) is 3.16. The molecule has 0 spiro atoms. The van der Waals surface area contributed by atoms with Gasteiger partial charge in [0, 0.05) is 38.1 Å². The zero-order valence-electron chi connectivity index (χ0n) is 15.5. The van der Waals surface area contributed by atoms with E-state index in [4.69, 9.17) is 4.74 Å². The maximum absolute atomic E-state index is 13.4. The Morgan fingerprint density at radius 1 is 1.44 bits per heavy atom. The number of fused-ring (bicyclic) bond motifs is 2. The third-order valence-electron chi connectivity index (χ3n) is 5.02. The smallest absolute Gasteiger partial charge is 0.272 e. The monoisotopic (exact) mass is 371 g/mol. The van der Waals surface area contributed by atoms with Crippen molar-refractivity contribution in [1.29, 1.82) is 0 Å². The van der Waals surface area contributed by atoms with Crippen LogP contribution >= 0.6 is 0 Å². The van der Waals surface area contributed by atoms with Crippen molar-refractivity contribution in [2.45, 2.75) is 38.9 Å². The molecule has 0 unspecified atom stereocenters. The number of benzene rings is 1. The second kappa shape index (κ2) is 6.77. The molecular formula is C19H22FN5O2. The molecule has 0 aliphatic carbocycles. The van der Waals surface area contributed by atoms with Crippen LogP contribution in [0.4, 0.5) is 4.39 Å². The van der Waals surface area contributed by atoms with Crippen molar-refractivity contribution in [3.8, 4) is 0 Å². The molecular weight excluding hydrogens is 349 g/mol. The lowest BCUT2D eigenvalue weighted by atomic mass is 9.99. The van der Waals surface area contributed by atoms with Crippen LogP contribution in [0.25, 0.3) is 11.0 Å². The highest BCUT2D eigenvalue weighted by Gasteiger charge is 2.29. The topological polar surface area (TPSA) is 84.8 Å². The summed E-state index contributed by atoms with van der Waals surface area (Å²) in [5, 5.41) is 10.0. The highest BCUT2D eigenvalue weighted by atomic mass is 19.1. The van der Waals surface area contributed by atoms with Crippen LogP contribution in [0.2, 0.25) is 0 Å². The van der Waals surface area contributed by atoms with Gasteiger partial charge in [0.2, 0.25) is 0 Å². The van der Waals surface area contributed by atoms with Crippen LogP contribution in [-0.2, 0) is 24.6 Å². The molecule has 1 aliphatic heterocycles. The number of halogens is 1. The molecule has 4 rings (SSSR count). The number of amides is 1. The van der Waals surface area contributed by atoms with E-state index in [1.807, 2.05) is 25.5 Å². The third kappa shape index (κ3) is 3.21. The minimum Gasteiger partial charge on any atom is -0.369 e. The van der Waals surface area contributed by atoms with Crippen LogP contribution < -0.4 is 5.32 Å². The average molecular weight is 371 g/mol. The number of carbonyl (C=O) groups excluding carboxylic acids is 1. The number of rotatable bonds is 4. The van der Waals surface area contributed by atoms with Gasteiger partial charge in [-0.05, 0) is 26.0 Å². The number of carbonyl (C=O) groups is 1. The molecule has 2 N–H and O–H groups in total. The van der Waals surface area contributed by atoms with Crippen molar-refractivity contribution < 1.29 is 13.9 Å². The number of H-pyrrole nitrogens is 1. The van der Waals surface area contributed by atoms with Gasteiger partial charge in [0.05, 0.1) is 28.9 Å². The molecule has 7 nitrogen and oxygen atoms in total. The summed E-state index contributed by atoms with van der Waals surface area (Å²) in [5.74, 6) is 0.269. The van der Waals surface area contributed by atoms with E-state index in [2.05, 4.69) is 20.5 Å². The second-order valence-corrected chi connectivity index (χ2v) is 6.98. The van der Waals surface area contributed by atoms with Gasteiger partial charge in [0.25, 0.3) is 5.91 Å². The molecule has 2 aromatic heterocycles. The summed E-state index contributed by atoms with van der Waals surface area (Å²) in [7, 11) is 1.89. The molecule has 3 heterocycles. The third-order valence-corrected chi connectivity index (χ3v) is 5.02. The summed E-state index contributed by atoms with van der Waals surface area (Å²) >= 11 is 0. The molecule has 2 atom stereocenters. The van der Waals surface area contributed by atoms with Gasteiger partial charge in [-0.3, -0.25) is 9.89 Å². The van der Waals surface area contributed by atoms with Crippen molar-refractivity contribution in [2.24, 2.45) is 7.05 Å². The van der Waals surface area contributed by atoms with E-state index in [0.717, 1.165) is 22.6 Å². The predicted octanol–water partition coefficient (Wildman–Crippen LogP) is 2.43. The van der Waals surface area contributed by atoms with Gasteiger partial charge in [-0.25, -0.2) is 9.37 Å². The molecule has 1 aromatic carbocycles. The van der Waals surface area contributed by atoms with Crippen LogP contribution in [0.1, 0.15) is 47.5 Å². The minimum atomic E-state index is -0.309. The standard InChI is InChI=1S/C19H22FN5O2/c1-10-8-13-17(11(2)27-10)23-24-18(13)19(26)21-7-6-16-22-14-9-12(20)4-5-15(14)25(16)3/h4-5,9-11H,6-8H2,1-3H3,(H,21,26)(H,23,24)/t10-,11+/m1/s1. The van der Waals surface area contributed by atoms with Gasteiger partial charge in [-0.1, -0.05) is 0 Å². The quantitative estimate of drug-likeness (QED) is 0.738. The Morgan fingerprint density at radius 3 is 3.07 bits per heavy atom. The number of aromatic nitrogens is 4. The van der Waals surface area contributed by atoms with E-state index < -0.39 is 0 Å². The number of hydrogen-bond acceptors (Lipinski definition) is 4. The number of nitrogens with one attached hydrogen (secondary N) is 2. The minimum absolute atomic E-state index is 0.0528. The van der Waals surface area contributed by atoms with E-state index in [9.17, 15) is 9.18 Å². The van der Waals surface area contributed by atoms with E-state index in [0.29, 0.717) is 30.6 Å². The Bertz CT molecular complexity index is 1010. The lowest BCUT2D eigenvalue weighted by molar-refractivity contribution is -0.00697. The first-order chi connectivity index (χ1) is 12.9. The fourth-order valence-corrected chi connectivity index (χ4v) is 3.68. The summed E-state index contributed by atoms with van der Waals surface area (Å²) < 4.78 is 21.0. The van der Waals surface area contributed by atoms with Gasteiger partial charge >= 0.3 is 0 Å². The SMILES string of the molecule is C[C@@H]1Cc2c(C(=O)NCCc3nc4cc(F)ccc4n3C)n[nH]c2[C@H](C)O1. The van der Waals surface area contributed by atoms with Crippen LogP contribution in [-0.4, -0.2) is 38.3 Å². The lowest BCUT2D eigenvalue weighted by Crippen LogP contribution is -2.29. The molecule has 0 fully saturated rings. The zero-order valence-corrected chi connectivity index (χ0v) is 15.5. The van der Waals surface area contributed by atoms with Gasteiger partial charge in [-0.2, -0.15) is 5.10 Å². The summed E-state index contributed by atoms with van der Waals surface area (Å²) in [6.45, 7) is 4.35. The molecule has 0 radical (unpaired) electrons. The number of ether oxygens (including phenoxy) is 1. The Kier molecular flexibility index (Phi) is 4.43. The molecule has 1 amide bonds. The van der Waals surface area contributed by atoms with Crippen molar-refractivity contribution in [3.63, 3.8) is 0 Å². The summed E-state index contributed by atoms with van der Waals surface area (Å²) in [6, 6.07) is 4.54. The number of nitrogens with zero attached hydrogens (tertiary/aromatic N) is 3. The number of aromatic amines is 1. The van der Waals surface area contributed by atoms with Gasteiger partial charge in [0.15, 0.2) is 5.69 Å².